The fraction of sp³-hybridized carbons (Fsp3) is 0.429. The Morgan fingerprint density at radius 3 is 2.79 bits per heavy atom. The number of carbonyl (C=O) groups excluding carboxylic acids is 1. The summed E-state index contributed by atoms with van der Waals surface area (Å²) in [4.78, 5) is 26.7. The summed E-state index contributed by atoms with van der Waals surface area (Å²) in [7, 11) is 0. The summed E-state index contributed by atoms with van der Waals surface area (Å²) in [6.45, 7) is 7.01. The molecule has 0 radical (unpaired) electrons. The van der Waals surface area contributed by atoms with E-state index >= 15 is 0 Å². The summed E-state index contributed by atoms with van der Waals surface area (Å²) >= 11 is 1.76. The van der Waals surface area contributed by atoms with E-state index in [9.17, 15) is 4.79 Å². The Morgan fingerprint density at radius 1 is 1.25 bits per heavy atom. The molecular formula is C21H23N5OS. The third kappa shape index (κ3) is 2.76. The van der Waals surface area contributed by atoms with Crippen LogP contribution in [0.2, 0.25) is 0 Å². The maximum Gasteiger partial charge on any atom is 0.257 e. The zero-order valence-electron chi connectivity index (χ0n) is 16.3. The quantitative estimate of drug-likeness (QED) is 0.676. The van der Waals surface area contributed by atoms with Crippen LogP contribution in [0.25, 0.3) is 17.2 Å². The summed E-state index contributed by atoms with van der Waals surface area (Å²) in [5, 5.41) is 4.45. The summed E-state index contributed by atoms with van der Waals surface area (Å²) in [6, 6.07) is 4.48. The van der Waals surface area contributed by atoms with Gasteiger partial charge in [0.2, 0.25) is 0 Å². The monoisotopic (exact) mass is 393 g/mol. The van der Waals surface area contributed by atoms with Crippen molar-refractivity contribution in [1.82, 2.24) is 24.6 Å². The number of thiophene rings is 1. The highest BCUT2D eigenvalue weighted by Gasteiger charge is 2.41. The Bertz CT molecular complexity index is 1070. The number of hydrogen-bond donors (Lipinski definition) is 0. The molecule has 28 heavy (non-hydrogen) atoms. The SMILES string of the molecule is Cc1cc(-c2ccnc(-n3ncc(C(=O)N4C[C@@H]5CC[C@H]4C5)c3C)n2)c(C)s1. The van der Waals surface area contributed by atoms with Crippen molar-refractivity contribution in [2.45, 2.75) is 46.1 Å². The van der Waals surface area contributed by atoms with Crippen LogP contribution in [0.4, 0.5) is 0 Å². The topological polar surface area (TPSA) is 63.9 Å². The van der Waals surface area contributed by atoms with Gasteiger partial charge in [0.1, 0.15) is 0 Å². The molecule has 0 spiro atoms. The van der Waals surface area contributed by atoms with Gasteiger partial charge in [0.25, 0.3) is 11.9 Å². The van der Waals surface area contributed by atoms with Gasteiger partial charge in [0, 0.05) is 34.1 Å². The minimum atomic E-state index is 0.0939. The van der Waals surface area contributed by atoms with Gasteiger partial charge < -0.3 is 4.90 Å². The zero-order valence-corrected chi connectivity index (χ0v) is 17.2. The lowest BCUT2D eigenvalue weighted by molar-refractivity contribution is 0.0703. The molecule has 2 bridgehead atoms. The van der Waals surface area contributed by atoms with E-state index in [-0.39, 0.29) is 5.91 Å². The molecule has 1 saturated carbocycles. The molecule has 2 atom stereocenters. The minimum absolute atomic E-state index is 0.0939. The lowest BCUT2D eigenvalue weighted by atomic mass is 10.1. The number of hydrogen-bond acceptors (Lipinski definition) is 5. The molecule has 3 aromatic heterocycles. The van der Waals surface area contributed by atoms with Gasteiger partial charge in [-0.3, -0.25) is 4.79 Å². The predicted octanol–water partition coefficient (Wildman–Crippen LogP) is 3.94. The number of carbonyl (C=O) groups is 1. The van der Waals surface area contributed by atoms with E-state index in [4.69, 9.17) is 4.98 Å². The predicted molar refractivity (Wildman–Crippen MR) is 109 cm³/mol. The first-order chi connectivity index (χ1) is 13.5. The van der Waals surface area contributed by atoms with Crippen LogP contribution in [0.3, 0.4) is 0 Å². The highest BCUT2D eigenvalue weighted by atomic mass is 32.1. The normalized spacial score (nSPS) is 20.9. The summed E-state index contributed by atoms with van der Waals surface area (Å²) in [5.41, 5.74) is 3.46. The second kappa shape index (κ2) is 6.51. The van der Waals surface area contributed by atoms with Gasteiger partial charge in [-0.1, -0.05) is 0 Å². The number of nitrogens with zero attached hydrogens (tertiary/aromatic N) is 5. The maximum atomic E-state index is 13.1. The van der Waals surface area contributed by atoms with Crippen LogP contribution in [-0.4, -0.2) is 43.1 Å². The molecule has 1 amide bonds. The molecule has 4 heterocycles. The number of aryl methyl sites for hydroxylation is 2. The van der Waals surface area contributed by atoms with Crippen molar-refractivity contribution < 1.29 is 4.79 Å². The van der Waals surface area contributed by atoms with Gasteiger partial charge in [0.05, 0.1) is 23.1 Å². The Kier molecular flexibility index (Phi) is 4.08. The number of rotatable bonds is 3. The average molecular weight is 394 g/mol. The maximum absolute atomic E-state index is 13.1. The van der Waals surface area contributed by atoms with Gasteiger partial charge >= 0.3 is 0 Å². The number of piperidine rings is 1. The third-order valence-corrected chi connectivity index (χ3v) is 7.03. The molecule has 0 unspecified atom stereocenters. The van der Waals surface area contributed by atoms with Crippen LogP contribution >= 0.6 is 11.3 Å². The Balaban J connectivity index is 1.47. The Morgan fingerprint density at radius 2 is 2.11 bits per heavy atom. The van der Waals surface area contributed by atoms with Crippen LogP contribution < -0.4 is 0 Å². The smallest absolute Gasteiger partial charge is 0.257 e. The molecule has 7 heteroatoms. The number of likely N-dealkylation sites (tertiary alicyclic amines) is 1. The first kappa shape index (κ1) is 17.6. The fourth-order valence-corrected chi connectivity index (χ4v) is 5.57. The molecule has 144 valence electrons. The van der Waals surface area contributed by atoms with E-state index < -0.39 is 0 Å². The standard InChI is InChI=1S/C21H23N5OS/c1-12-8-17(14(3)28-12)19-6-7-22-21(24-19)26-13(2)18(10-23-26)20(27)25-11-15-4-5-16(25)9-15/h6-8,10,15-16H,4-5,9,11H2,1-3H3/t15-,16+/m1/s1. The van der Waals surface area contributed by atoms with Gasteiger partial charge in [-0.2, -0.15) is 5.10 Å². The molecular weight excluding hydrogens is 370 g/mol. The fourth-order valence-electron chi connectivity index (χ4n) is 4.63. The van der Waals surface area contributed by atoms with E-state index in [1.165, 1.54) is 16.2 Å². The van der Waals surface area contributed by atoms with Crippen molar-refractivity contribution in [3.8, 4) is 17.2 Å². The van der Waals surface area contributed by atoms with Crippen LogP contribution in [0.5, 0.6) is 0 Å². The Hall–Kier alpha value is -2.54. The van der Waals surface area contributed by atoms with Crippen LogP contribution in [0.15, 0.2) is 24.5 Å². The van der Waals surface area contributed by atoms with Crippen LogP contribution in [0, 0.1) is 26.7 Å². The average Bonchev–Trinajstić information content (AvgIpc) is 3.45. The van der Waals surface area contributed by atoms with E-state index in [2.05, 4.69) is 30.0 Å². The summed E-state index contributed by atoms with van der Waals surface area (Å²) in [6.07, 6.45) is 6.97. The Labute approximate surface area is 168 Å². The second-order valence-corrected chi connectivity index (χ2v) is 9.38. The third-order valence-electron chi connectivity index (χ3n) is 6.06. The van der Waals surface area contributed by atoms with E-state index in [1.54, 1.807) is 28.4 Å². The minimum Gasteiger partial charge on any atom is -0.335 e. The molecule has 6 nitrogen and oxygen atoms in total. The van der Waals surface area contributed by atoms with Crippen molar-refractivity contribution in [1.29, 1.82) is 0 Å². The molecule has 3 aromatic rings. The largest absolute Gasteiger partial charge is 0.335 e. The van der Waals surface area contributed by atoms with Crippen molar-refractivity contribution in [3.63, 3.8) is 0 Å². The molecule has 2 fully saturated rings. The number of amides is 1. The van der Waals surface area contributed by atoms with Gasteiger partial charge in [-0.25, -0.2) is 14.6 Å². The molecule has 1 aliphatic carbocycles. The highest BCUT2D eigenvalue weighted by molar-refractivity contribution is 7.12. The van der Waals surface area contributed by atoms with E-state index in [0.717, 1.165) is 36.3 Å². The highest BCUT2D eigenvalue weighted by Crippen LogP contribution is 2.38. The van der Waals surface area contributed by atoms with E-state index in [1.807, 2.05) is 17.9 Å². The van der Waals surface area contributed by atoms with Crippen molar-refractivity contribution in [2.75, 3.05) is 6.54 Å². The molecule has 0 N–H and O–H groups in total. The van der Waals surface area contributed by atoms with E-state index in [0.29, 0.717) is 23.5 Å². The second-order valence-electron chi connectivity index (χ2n) is 7.91. The summed E-state index contributed by atoms with van der Waals surface area (Å²) in [5.74, 6) is 1.28. The van der Waals surface area contributed by atoms with Gasteiger partial charge in [0.15, 0.2) is 0 Å². The first-order valence-electron chi connectivity index (χ1n) is 9.77. The van der Waals surface area contributed by atoms with Crippen LogP contribution in [0.1, 0.15) is 45.1 Å². The lowest BCUT2D eigenvalue weighted by Crippen LogP contribution is -2.37. The molecule has 1 aliphatic heterocycles. The lowest BCUT2D eigenvalue weighted by Gasteiger charge is -2.26. The zero-order chi connectivity index (χ0) is 19.4. The molecule has 0 aromatic carbocycles. The molecule has 1 saturated heterocycles. The first-order valence-corrected chi connectivity index (χ1v) is 10.6. The number of aromatic nitrogens is 4. The van der Waals surface area contributed by atoms with Crippen molar-refractivity contribution in [2.24, 2.45) is 5.92 Å². The van der Waals surface area contributed by atoms with Crippen molar-refractivity contribution in [3.05, 3.63) is 45.5 Å². The van der Waals surface area contributed by atoms with Crippen LogP contribution in [-0.2, 0) is 0 Å². The van der Waals surface area contributed by atoms with Gasteiger partial charge in [-0.15, -0.1) is 11.3 Å². The molecule has 2 aliphatic rings. The summed E-state index contributed by atoms with van der Waals surface area (Å²) < 4.78 is 1.68. The molecule has 5 rings (SSSR count). The van der Waals surface area contributed by atoms with Gasteiger partial charge in [-0.05, 0) is 58.1 Å². The van der Waals surface area contributed by atoms with Crippen molar-refractivity contribution >= 4 is 17.2 Å². The number of fused-ring (bicyclic) bond motifs is 2.